The average Bonchev–Trinajstić information content (AvgIpc) is 2.67. The monoisotopic (exact) mass is 350 g/mol. The molecule has 2 heterocycles. The van der Waals surface area contributed by atoms with Gasteiger partial charge in [0.1, 0.15) is 0 Å². The number of likely N-dealkylation sites (tertiary alicyclic amines) is 1. The lowest BCUT2D eigenvalue weighted by Gasteiger charge is -2.54. The number of nitrogens with one attached hydrogen (secondary N) is 1. The van der Waals surface area contributed by atoms with E-state index in [2.05, 4.69) is 59.5 Å². The van der Waals surface area contributed by atoms with E-state index in [4.69, 9.17) is 0 Å². The Bertz CT molecular complexity index is 760. The van der Waals surface area contributed by atoms with E-state index in [9.17, 15) is 0 Å². The summed E-state index contributed by atoms with van der Waals surface area (Å²) in [5, 5.41) is 11.6. The first kappa shape index (κ1) is 17.5. The van der Waals surface area contributed by atoms with Gasteiger partial charge in [-0.1, -0.05) is 18.9 Å². The molecule has 1 aliphatic heterocycles. The molecule has 0 amide bonds. The second-order valence-corrected chi connectivity index (χ2v) is 8.24. The Labute approximate surface area is 157 Å². The van der Waals surface area contributed by atoms with Crippen LogP contribution in [0, 0.1) is 12.8 Å². The predicted molar refractivity (Wildman–Crippen MR) is 107 cm³/mol. The van der Waals surface area contributed by atoms with Gasteiger partial charge in [-0.2, -0.15) is 5.10 Å². The lowest BCUT2D eigenvalue weighted by atomic mass is 9.56. The molecule has 26 heavy (non-hydrogen) atoms. The van der Waals surface area contributed by atoms with Gasteiger partial charge in [-0.25, -0.2) is 0 Å². The predicted octanol–water partition coefficient (Wildman–Crippen LogP) is 4.68. The van der Waals surface area contributed by atoms with Crippen LogP contribution >= 0.6 is 0 Å². The molecule has 1 saturated heterocycles. The molecule has 2 fully saturated rings. The molecule has 1 saturated carbocycles. The molecule has 138 valence electrons. The summed E-state index contributed by atoms with van der Waals surface area (Å²) in [6.45, 7) is 5.91. The summed E-state index contributed by atoms with van der Waals surface area (Å²) in [4.78, 5) is 2.56. The van der Waals surface area contributed by atoms with Crippen molar-refractivity contribution in [3.8, 4) is 0 Å². The van der Waals surface area contributed by atoms with Crippen molar-refractivity contribution in [2.24, 2.45) is 5.92 Å². The molecule has 0 radical (unpaired) electrons. The van der Waals surface area contributed by atoms with Crippen LogP contribution in [-0.2, 0) is 5.41 Å². The van der Waals surface area contributed by atoms with Crippen molar-refractivity contribution in [2.45, 2.75) is 57.4 Å². The van der Waals surface area contributed by atoms with Crippen LogP contribution < -0.4 is 5.32 Å². The molecule has 4 rings (SSSR count). The summed E-state index contributed by atoms with van der Waals surface area (Å²) in [6.07, 6.45) is 8.39. The van der Waals surface area contributed by atoms with E-state index in [1.807, 2.05) is 12.1 Å². The number of aromatic nitrogens is 2. The molecule has 0 spiro atoms. The van der Waals surface area contributed by atoms with Crippen LogP contribution in [0.25, 0.3) is 0 Å². The van der Waals surface area contributed by atoms with Gasteiger partial charge in [-0.05, 0) is 88.0 Å². The maximum Gasteiger partial charge on any atom is 0.153 e. The van der Waals surface area contributed by atoms with E-state index in [0.29, 0.717) is 11.5 Å². The summed E-state index contributed by atoms with van der Waals surface area (Å²) in [6, 6.07) is 11.4. The second-order valence-electron chi connectivity index (χ2n) is 8.24. The highest BCUT2D eigenvalue weighted by Crippen LogP contribution is 2.52. The van der Waals surface area contributed by atoms with Crippen molar-refractivity contribution in [3.63, 3.8) is 0 Å². The minimum absolute atomic E-state index is 0.328. The zero-order chi connectivity index (χ0) is 18.1. The molecule has 0 bridgehead atoms. The first-order valence-corrected chi connectivity index (χ1v) is 9.96. The van der Waals surface area contributed by atoms with E-state index in [1.54, 1.807) is 11.8 Å². The van der Waals surface area contributed by atoms with Gasteiger partial charge in [0.25, 0.3) is 0 Å². The smallest absolute Gasteiger partial charge is 0.153 e. The Hall–Kier alpha value is -1.94. The van der Waals surface area contributed by atoms with Gasteiger partial charge in [-0.3, -0.25) is 0 Å². The highest BCUT2D eigenvalue weighted by atomic mass is 15.2. The number of rotatable bonds is 3. The quantitative estimate of drug-likeness (QED) is 0.872. The van der Waals surface area contributed by atoms with Crippen molar-refractivity contribution in [1.82, 2.24) is 15.1 Å². The fourth-order valence-corrected chi connectivity index (χ4v) is 5.39. The standard InChI is InChI=1S/C22H30N4/c1-16-9-10-18(24-21-8-6-13-23-25-21)15-20(16)22-11-5-4-7-19(22)17(2)26(3)14-12-22/h6,8-10,13,15,17,19H,4-5,7,11-12,14H2,1-3H3,(H,24,25). The molecule has 4 heteroatoms. The number of piperidine rings is 1. The number of nitrogens with zero attached hydrogens (tertiary/aromatic N) is 3. The fraction of sp³-hybridized carbons (Fsp3) is 0.545. The normalized spacial score (nSPS) is 29.2. The van der Waals surface area contributed by atoms with Crippen LogP contribution in [0.2, 0.25) is 0 Å². The third-order valence-electron chi connectivity index (χ3n) is 6.90. The van der Waals surface area contributed by atoms with Crippen LogP contribution in [0.1, 0.15) is 50.2 Å². The summed E-state index contributed by atoms with van der Waals surface area (Å²) >= 11 is 0. The van der Waals surface area contributed by atoms with Crippen LogP contribution in [0.5, 0.6) is 0 Å². The van der Waals surface area contributed by atoms with Crippen LogP contribution in [0.3, 0.4) is 0 Å². The summed E-state index contributed by atoms with van der Waals surface area (Å²) in [5.41, 5.74) is 4.43. The molecule has 2 aromatic rings. The number of hydrogen-bond acceptors (Lipinski definition) is 4. The van der Waals surface area contributed by atoms with Gasteiger partial charge in [0.2, 0.25) is 0 Å². The van der Waals surface area contributed by atoms with Gasteiger partial charge in [-0.15, -0.1) is 5.10 Å². The number of anilines is 2. The van der Waals surface area contributed by atoms with Gasteiger partial charge >= 0.3 is 0 Å². The Kier molecular flexibility index (Phi) is 4.70. The maximum atomic E-state index is 4.17. The molecule has 3 unspecified atom stereocenters. The third kappa shape index (κ3) is 3.01. The molecule has 1 aromatic heterocycles. The summed E-state index contributed by atoms with van der Waals surface area (Å²) < 4.78 is 0. The van der Waals surface area contributed by atoms with Gasteiger partial charge < -0.3 is 10.2 Å². The van der Waals surface area contributed by atoms with Crippen LogP contribution in [0.4, 0.5) is 11.5 Å². The number of hydrogen-bond donors (Lipinski definition) is 1. The molecule has 1 aromatic carbocycles. The Morgan fingerprint density at radius 2 is 2.08 bits per heavy atom. The zero-order valence-corrected chi connectivity index (χ0v) is 16.2. The second kappa shape index (κ2) is 6.99. The van der Waals surface area contributed by atoms with Crippen LogP contribution in [-0.4, -0.2) is 34.7 Å². The van der Waals surface area contributed by atoms with E-state index in [-0.39, 0.29) is 0 Å². The van der Waals surface area contributed by atoms with E-state index in [0.717, 1.165) is 17.4 Å². The first-order chi connectivity index (χ1) is 12.6. The zero-order valence-electron chi connectivity index (χ0n) is 16.2. The fourth-order valence-electron chi connectivity index (χ4n) is 5.39. The first-order valence-electron chi connectivity index (χ1n) is 9.96. The average molecular weight is 351 g/mol. The van der Waals surface area contributed by atoms with E-state index >= 15 is 0 Å². The lowest BCUT2D eigenvalue weighted by molar-refractivity contribution is 0.0226. The van der Waals surface area contributed by atoms with Crippen molar-refractivity contribution >= 4 is 11.5 Å². The SMILES string of the molecule is Cc1ccc(Nc2cccnn2)cc1C12CCCCC1C(C)N(C)CC2. The van der Waals surface area contributed by atoms with Crippen LogP contribution in [0.15, 0.2) is 36.5 Å². The lowest BCUT2D eigenvalue weighted by Crippen LogP contribution is -2.55. The Morgan fingerprint density at radius 3 is 2.88 bits per heavy atom. The Balaban J connectivity index is 1.72. The molecule has 4 nitrogen and oxygen atoms in total. The number of fused-ring (bicyclic) bond motifs is 1. The van der Waals surface area contributed by atoms with E-state index < -0.39 is 0 Å². The van der Waals surface area contributed by atoms with Gasteiger partial charge in [0, 0.05) is 23.3 Å². The number of benzene rings is 1. The van der Waals surface area contributed by atoms with Crippen molar-refractivity contribution in [3.05, 3.63) is 47.7 Å². The molecule has 1 N–H and O–H groups in total. The van der Waals surface area contributed by atoms with Crippen molar-refractivity contribution in [2.75, 3.05) is 18.9 Å². The molecular formula is C22H30N4. The minimum Gasteiger partial charge on any atom is -0.339 e. The topological polar surface area (TPSA) is 41.1 Å². The summed E-state index contributed by atoms with van der Waals surface area (Å²) in [7, 11) is 2.29. The highest BCUT2D eigenvalue weighted by Gasteiger charge is 2.48. The summed E-state index contributed by atoms with van der Waals surface area (Å²) in [5.74, 6) is 1.55. The molecule has 1 aliphatic carbocycles. The molecule has 3 atom stereocenters. The van der Waals surface area contributed by atoms with E-state index in [1.165, 1.54) is 44.2 Å². The molecule has 2 aliphatic rings. The van der Waals surface area contributed by atoms with Gasteiger partial charge in [0.15, 0.2) is 5.82 Å². The minimum atomic E-state index is 0.328. The van der Waals surface area contributed by atoms with Gasteiger partial charge in [0.05, 0.1) is 0 Å². The highest BCUT2D eigenvalue weighted by molar-refractivity contribution is 5.59. The van der Waals surface area contributed by atoms with Crippen molar-refractivity contribution < 1.29 is 0 Å². The largest absolute Gasteiger partial charge is 0.339 e. The maximum absolute atomic E-state index is 4.17. The molecular weight excluding hydrogens is 320 g/mol. The van der Waals surface area contributed by atoms with Crippen molar-refractivity contribution in [1.29, 1.82) is 0 Å². The third-order valence-corrected chi connectivity index (χ3v) is 6.90. The Morgan fingerprint density at radius 1 is 1.19 bits per heavy atom. The number of aryl methyl sites for hydroxylation is 1.